The number of piperidine rings is 1. The van der Waals surface area contributed by atoms with Crippen LogP contribution < -0.4 is 10.1 Å². The Bertz CT molecular complexity index is 817. The smallest absolute Gasteiger partial charge is 0.222 e. The number of aryl methyl sites for hydroxylation is 1. The predicted molar refractivity (Wildman–Crippen MR) is 111 cm³/mol. The van der Waals surface area contributed by atoms with Crippen molar-refractivity contribution in [1.82, 2.24) is 25.0 Å². The van der Waals surface area contributed by atoms with Crippen molar-refractivity contribution < 1.29 is 9.53 Å². The van der Waals surface area contributed by atoms with Gasteiger partial charge in [0.15, 0.2) is 0 Å². The van der Waals surface area contributed by atoms with Crippen LogP contribution in [-0.4, -0.2) is 58.4 Å². The first-order valence-corrected chi connectivity index (χ1v) is 10.9. The van der Waals surface area contributed by atoms with Crippen LogP contribution in [-0.2, 0) is 24.2 Å². The maximum atomic E-state index is 12.8. The number of hydrogen-bond donors (Lipinski definition) is 1. The molecule has 7 nitrogen and oxygen atoms in total. The van der Waals surface area contributed by atoms with Crippen molar-refractivity contribution in [3.05, 3.63) is 41.5 Å². The first kappa shape index (κ1) is 19.9. The van der Waals surface area contributed by atoms with Crippen LogP contribution in [0.2, 0.25) is 0 Å². The molecule has 7 heteroatoms. The number of hydrogen-bond acceptors (Lipinski definition) is 5. The van der Waals surface area contributed by atoms with Crippen molar-refractivity contribution >= 4 is 5.91 Å². The Morgan fingerprint density at radius 2 is 2.07 bits per heavy atom. The summed E-state index contributed by atoms with van der Waals surface area (Å²) in [5, 5.41) is 12.3. The van der Waals surface area contributed by atoms with Crippen LogP contribution in [0.5, 0.6) is 5.75 Å². The second-order valence-electron chi connectivity index (χ2n) is 7.88. The molecule has 0 bridgehead atoms. The van der Waals surface area contributed by atoms with E-state index in [1.54, 1.807) is 0 Å². The summed E-state index contributed by atoms with van der Waals surface area (Å²) in [7, 11) is 0. The molecule has 1 N–H and O–H groups in total. The van der Waals surface area contributed by atoms with Gasteiger partial charge in [0.25, 0.3) is 0 Å². The summed E-state index contributed by atoms with van der Waals surface area (Å²) in [6, 6.07) is 8.06. The number of rotatable bonds is 6. The van der Waals surface area contributed by atoms with E-state index in [4.69, 9.17) is 4.74 Å². The van der Waals surface area contributed by atoms with Crippen molar-refractivity contribution in [3.8, 4) is 5.75 Å². The van der Waals surface area contributed by atoms with Crippen LogP contribution >= 0.6 is 0 Å². The van der Waals surface area contributed by atoms with Crippen LogP contribution in [0.3, 0.4) is 0 Å². The number of fused-ring (bicyclic) bond motifs is 1. The van der Waals surface area contributed by atoms with Gasteiger partial charge in [0.2, 0.25) is 5.91 Å². The minimum atomic E-state index is 0.237. The van der Waals surface area contributed by atoms with Gasteiger partial charge in [-0.15, -0.1) is 10.2 Å². The van der Waals surface area contributed by atoms with Gasteiger partial charge in [-0.1, -0.05) is 12.1 Å². The summed E-state index contributed by atoms with van der Waals surface area (Å²) in [6.07, 6.45) is 4.33. The van der Waals surface area contributed by atoms with E-state index in [-0.39, 0.29) is 11.8 Å². The molecule has 29 heavy (non-hydrogen) atoms. The summed E-state index contributed by atoms with van der Waals surface area (Å²) in [4.78, 5) is 14.9. The molecule has 0 radical (unpaired) electrons. The highest BCUT2D eigenvalue weighted by atomic mass is 16.5. The van der Waals surface area contributed by atoms with Gasteiger partial charge < -0.3 is 19.5 Å². The second-order valence-corrected chi connectivity index (χ2v) is 7.88. The molecule has 0 aliphatic carbocycles. The number of aromatic nitrogens is 3. The van der Waals surface area contributed by atoms with Gasteiger partial charge in [0, 0.05) is 51.5 Å². The molecule has 4 rings (SSSR count). The van der Waals surface area contributed by atoms with Crippen LogP contribution in [0.15, 0.2) is 24.3 Å². The lowest BCUT2D eigenvalue weighted by molar-refractivity contribution is -0.132. The van der Waals surface area contributed by atoms with Crippen LogP contribution in [0.25, 0.3) is 0 Å². The molecule has 1 fully saturated rings. The Morgan fingerprint density at radius 1 is 1.21 bits per heavy atom. The lowest BCUT2D eigenvalue weighted by Gasteiger charge is -2.32. The van der Waals surface area contributed by atoms with E-state index < -0.39 is 0 Å². The first-order chi connectivity index (χ1) is 14.2. The summed E-state index contributed by atoms with van der Waals surface area (Å²) >= 11 is 0. The van der Waals surface area contributed by atoms with Crippen LogP contribution in [0, 0.1) is 0 Å². The zero-order chi connectivity index (χ0) is 20.1. The Balaban J connectivity index is 1.34. The molecule has 1 atom stereocenters. The molecule has 2 aliphatic rings. The molecule has 156 valence electrons. The summed E-state index contributed by atoms with van der Waals surface area (Å²) in [6.45, 7) is 7.08. The summed E-state index contributed by atoms with van der Waals surface area (Å²) in [5.74, 6) is 3.54. The molecule has 1 amide bonds. The lowest BCUT2D eigenvalue weighted by Crippen LogP contribution is -2.40. The number of ether oxygens (including phenoxy) is 1. The first-order valence-electron chi connectivity index (χ1n) is 10.9. The lowest BCUT2D eigenvalue weighted by atomic mass is 9.96. The van der Waals surface area contributed by atoms with Crippen molar-refractivity contribution in [2.24, 2.45) is 0 Å². The molecule has 1 saturated heterocycles. The van der Waals surface area contributed by atoms with Gasteiger partial charge in [0.05, 0.1) is 6.61 Å². The van der Waals surface area contributed by atoms with E-state index in [9.17, 15) is 4.79 Å². The Kier molecular flexibility index (Phi) is 6.44. The highest BCUT2D eigenvalue weighted by Crippen LogP contribution is 2.27. The SMILES string of the molecule is CCOc1ccc(CCC(=O)N2CCC[C@@H](c3nnc4n3CCNCC4)C2)cc1. The molecule has 3 heterocycles. The third-order valence-corrected chi connectivity index (χ3v) is 5.89. The molecule has 1 aromatic carbocycles. The van der Waals surface area contributed by atoms with Gasteiger partial charge in [-0.3, -0.25) is 4.79 Å². The van der Waals surface area contributed by atoms with Crippen molar-refractivity contribution in [3.63, 3.8) is 0 Å². The van der Waals surface area contributed by atoms with E-state index in [1.165, 1.54) is 5.56 Å². The number of amides is 1. The monoisotopic (exact) mass is 397 g/mol. The fraction of sp³-hybridized carbons (Fsp3) is 0.591. The molecule has 2 aromatic rings. The van der Waals surface area contributed by atoms with Gasteiger partial charge in [0.1, 0.15) is 17.4 Å². The van der Waals surface area contributed by atoms with Crippen molar-refractivity contribution in [1.29, 1.82) is 0 Å². The Labute approximate surface area is 172 Å². The predicted octanol–water partition coefficient (Wildman–Crippen LogP) is 2.16. The van der Waals surface area contributed by atoms with Crippen molar-refractivity contribution in [2.75, 3.05) is 32.8 Å². The number of nitrogens with zero attached hydrogens (tertiary/aromatic N) is 4. The number of carbonyl (C=O) groups excluding carboxylic acids is 1. The second kappa shape index (κ2) is 9.39. The van der Waals surface area contributed by atoms with Gasteiger partial charge in [-0.25, -0.2) is 0 Å². The molecular weight excluding hydrogens is 366 g/mol. The molecule has 0 unspecified atom stereocenters. The van der Waals surface area contributed by atoms with Gasteiger partial charge in [-0.2, -0.15) is 0 Å². The highest BCUT2D eigenvalue weighted by molar-refractivity contribution is 5.76. The standard InChI is InChI=1S/C22H31N5O2/c1-2-29-19-8-5-17(6-9-19)7-10-21(28)26-14-3-4-18(16-26)22-25-24-20-11-12-23-13-15-27(20)22/h5-6,8-9,18,23H,2-4,7,10-16H2,1H3/t18-/m1/s1. The number of nitrogens with one attached hydrogen (secondary N) is 1. The molecule has 1 aromatic heterocycles. The third-order valence-electron chi connectivity index (χ3n) is 5.89. The topological polar surface area (TPSA) is 72.3 Å². The number of carbonyl (C=O) groups is 1. The van der Waals surface area contributed by atoms with E-state index in [0.29, 0.717) is 13.0 Å². The van der Waals surface area contributed by atoms with E-state index in [2.05, 4.69) is 32.2 Å². The fourth-order valence-electron chi connectivity index (χ4n) is 4.34. The molecular formula is C22H31N5O2. The van der Waals surface area contributed by atoms with E-state index in [1.807, 2.05) is 24.0 Å². The number of likely N-dealkylation sites (tertiary alicyclic amines) is 1. The highest BCUT2D eigenvalue weighted by Gasteiger charge is 2.29. The Morgan fingerprint density at radius 3 is 2.90 bits per heavy atom. The zero-order valence-corrected chi connectivity index (χ0v) is 17.3. The minimum absolute atomic E-state index is 0.237. The maximum absolute atomic E-state index is 12.8. The average molecular weight is 398 g/mol. The molecule has 2 aliphatic heterocycles. The average Bonchev–Trinajstić information content (AvgIpc) is 3.01. The van der Waals surface area contributed by atoms with Crippen LogP contribution in [0.4, 0.5) is 0 Å². The summed E-state index contributed by atoms with van der Waals surface area (Å²) < 4.78 is 7.76. The zero-order valence-electron chi connectivity index (χ0n) is 17.3. The van der Waals surface area contributed by atoms with Crippen molar-refractivity contribution in [2.45, 2.75) is 51.5 Å². The largest absolute Gasteiger partial charge is 0.494 e. The van der Waals surface area contributed by atoms with E-state index in [0.717, 1.165) is 75.8 Å². The third kappa shape index (κ3) is 4.78. The maximum Gasteiger partial charge on any atom is 0.222 e. The minimum Gasteiger partial charge on any atom is -0.494 e. The molecule has 0 spiro atoms. The van der Waals surface area contributed by atoms with Crippen LogP contribution in [0.1, 0.15) is 49.3 Å². The summed E-state index contributed by atoms with van der Waals surface area (Å²) in [5.41, 5.74) is 1.17. The number of benzene rings is 1. The van der Waals surface area contributed by atoms with Gasteiger partial charge in [-0.05, 0) is 43.9 Å². The Hall–Kier alpha value is -2.41. The van der Waals surface area contributed by atoms with E-state index >= 15 is 0 Å². The quantitative estimate of drug-likeness (QED) is 0.809. The van der Waals surface area contributed by atoms with Gasteiger partial charge >= 0.3 is 0 Å². The fourth-order valence-corrected chi connectivity index (χ4v) is 4.34. The normalized spacial score (nSPS) is 19.5. The molecule has 0 saturated carbocycles.